The molecule has 1 heterocycles. The molecule has 2 aliphatic carbocycles. The summed E-state index contributed by atoms with van der Waals surface area (Å²) in [7, 11) is 1.50. The molecule has 0 radical (unpaired) electrons. The third-order valence-corrected chi connectivity index (χ3v) is 8.95. The molecule has 7 N–H and O–H groups in total. The van der Waals surface area contributed by atoms with E-state index in [1.165, 1.54) is 79.6 Å². The molecule has 1 aromatic rings. The maximum atomic E-state index is 9.38. The Balaban J connectivity index is -0.00000108. The van der Waals surface area contributed by atoms with Gasteiger partial charge in [0.15, 0.2) is 0 Å². The van der Waals surface area contributed by atoms with Gasteiger partial charge in [0, 0.05) is 18.0 Å². The van der Waals surface area contributed by atoms with Gasteiger partial charge in [-0.25, -0.2) is 4.98 Å². The van der Waals surface area contributed by atoms with Crippen molar-refractivity contribution >= 4 is 37.0 Å². The summed E-state index contributed by atoms with van der Waals surface area (Å²) in [6.07, 6.45) is 19.1. The van der Waals surface area contributed by atoms with Crippen LogP contribution in [0, 0.1) is 23.7 Å². The number of aryl methyl sites for hydroxylation is 1. The van der Waals surface area contributed by atoms with E-state index in [0.717, 1.165) is 50.7 Å². The smallest absolute Gasteiger partial charge is 0.204 e. The Morgan fingerprint density at radius 3 is 2.09 bits per heavy atom. The fraction of sp³-hybridized carbons (Fsp3) is 0.714. The summed E-state index contributed by atoms with van der Waals surface area (Å²) in [6.45, 7) is 20.6. The summed E-state index contributed by atoms with van der Waals surface area (Å²) in [5.41, 5.74) is 15.4. The number of fused-ring (bicyclic) bond motifs is 1. The molecule has 45 heavy (non-hydrogen) atoms. The van der Waals surface area contributed by atoms with Gasteiger partial charge in [-0.1, -0.05) is 91.4 Å². The highest BCUT2D eigenvalue weighted by Crippen LogP contribution is 2.38. The van der Waals surface area contributed by atoms with Crippen LogP contribution in [0.4, 0.5) is 0 Å². The van der Waals surface area contributed by atoms with Gasteiger partial charge >= 0.3 is 0 Å². The summed E-state index contributed by atoms with van der Waals surface area (Å²) >= 11 is 1.96. The van der Waals surface area contributed by atoms with Crippen molar-refractivity contribution in [3.63, 3.8) is 0 Å². The van der Waals surface area contributed by atoms with Crippen LogP contribution in [0.5, 0.6) is 0 Å². The van der Waals surface area contributed by atoms with Crippen molar-refractivity contribution < 1.29 is 19.5 Å². The van der Waals surface area contributed by atoms with E-state index in [1.54, 1.807) is 0 Å². The number of aliphatic hydroxyl groups excluding tert-OH is 1. The predicted octanol–water partition coefficient (Wildman–Crippen LogP) is 5.77. The molecule has 3 rings (SSSR count). The Hall–Kier alpha value is -2.40. The first-order chi connectivity index (χ1) is 21.7. The molecule has 10 heteroatoms. The minimum absolute atomic E-state index is 0.236. The van der Waals surface area contributed by atoms with Crippen molar-refractivity contribution in [3.05, 3.63) is 33.8 Å². The number of primary amides is 2. The molecule has 2 amide bonds. The molecular weight excluding hydrogens is 586 g/mol. The van der Waals surface area contributed by atoms with Crippen molar-refractivity contribution in [1.82, 2.24) is 9.88 Å². The van der Waals surface area contributed by atoms with E-state index < -0.39 is 0 Å². The van der Waals surface area contributed by atoms with E-state index in [4.69, 9.17) is 19.4 Å². The van der Waals surface area contributed by atoms with Crippen LogP contribution in [-0.4, -0.2) is 67.9 Å². The minimum Gasteiger partial charge on any atom is -0.395 e. The van der Waals surface area contributed by atoms with E-state index in [2.05, 4.69) is 75.5 Å². The zero-order chi connectivity index (χ0) is 35.0. The maximum Gasteiger partial charge on any atom is 0.204 e. The van der Waals surface area contributed by atoms with Gasteiger partial charge in [-0.3, -0.25) is 14.5 Å². The van der Waals surface area contributed by atoms with Gasteiger partial charge in [0.05, 0.1) is 17.3 Å². The minimum atomic E-state index is 0.236. The van der Waals surface area contributed by atoms with Crippen LogP contribution < -0.4 is 17.2 Å². The number of nitrogens with two attached hydrogens (primary N) is 3. The van der Waals surface area contributed by atoms with Crippen molar-refractivity contribution in [1.29, 1.82) is 0 Å². The Kier molecular flexibility index (Phi) is 34.5. The number of thiazole rings is 1. The molecular formula is C35H67N5O4S. The number of aliphatic hydroxyl groups is 1. The summed E-state index contributed by atoms with van der Waals surface area (Å²) in [5, 5.41) is 10.7. The normalized spacial score (nSPS) is 15.2. The lowest BCUT2D eigenvalue weighted by atomic mass is 9.82. The van der Waals surface area contributed by atoms with Gasteiger partial charge in [-0.2, -0.15) is 0 Å². The Labute approximate surface area is 279 Å². The van der Waals surface area contributed by atoms with Crippen molar-refractivity contribution in [3.8, 4) is 0 Å². The standard InChI is InChI=1S/C27H44N2OS.C4H10.2CH3NO.CH5N.CH2O/c1-5-14-29(15-16-30)19-21(4)17-24(22-8-6-7-9-22)11-13-27-28-25-12-10-23(20(2)3)18-26(25)31-27;1-3-4-2;2*2-1-3;2*1-2/h10,12,20,22-24,30H,4-9,11,13-19H2,1-3H3;3-4H2,1-2H3;2*1H,(H2,2,3);2H2,1H3;1H2. The van der Waals surface area contributed by atoms with Crippen LogP contribution in [0.3, 0.4) is 0 Å². The SMILES string of the molecule is C=C(CC(CCc1nc2c(s1)CC(C(C)C)C=C2)C1CCCC1)CN(CCC)CCO.C=O.CCCC.CN.NC=O.NC=O. The Bertz CT molecular complexity index is 858. The molecule has 2 aliphatic rings. The van der Waals surface area contributed by atoms with Crippen molar-refractivity contribution in [2.45, 2.75) is 105 Å². The fourth-order valence-electron chi connectivity index (χ4n) is 5.47. The lowest BCUT2D eigenvalue weighted by molar-refractivity contribution is -0.107. The zero-order valence-electron chi connectivity index (χ0n) is 29.3. The number of unbranched alkanes of at least 4 members (excludes halogenated alkanes) is 1. The van der Waals surface area contributed by atoms with E-state index >= 15 is 0 Å². The predicted molar refractivity (Wildman–Crippen MR) is 193 cm³/mol. The molecule has 262 valence electrons. The second-order valence-electron chi connectivity index (χ2n) is 11.5. The van der Waals surface area contributed by atoms with E-state index in [9.17, 15) is 5.11 Å². The number of rotatable bonds is 14. The molecule has 9 nitrogen and oxygen atoms in total. The average molecular weight is 654 g/mol. The maximum absolute atomic E-state index is 9.38. The van der Waals surface area contributed by atoms with Crippen molar-refractivity contribution in [2.75, 3.05) is 33.3 Å². The summed E-state index contributed by atoms with van der Waals surface area (Å²) in [6, 6.07) is 0. The second-order valence-corrected chi connectivity index (χ2v) is 12.6. The molecule has 0 bridgehead atoms. The largest absolute Gasteiger partial charge is 0.395 e. The molecule has 0 saturated heterocycles. The first kappa shape index (κ1) is 47.0. The molecule has 1 aromatic heterocycles. The summed E-state index contributed by atoms with van der Waals surface area (Å²) in [4.78, 5) is 34.0. The molecule has 1 saturated carbocycles. The number of carbonyl (C=O) groups excluding carboxylic acids is 3. The topological polar surface area (TPSA) is 166 Å². The van der Waals surface area contributed by atoms with Gasteiger partial charge in [-0.15, -0.1) is 11.3 Å². The molecule has 0 aliphatic heterocycles. The highest BCUT2D eigenvalue weighted by Gasteiger charge is 2.27. The first-order valence-electron chi connectivity index (χ1n) is 16.6. The molecule has 2 atom stereocenters. The number of nitrogens with zero attached hydrogens (tertiary/aromatic N) is 2. The molecule has 0 spiro atoms. The Morgan fingerprint density at radius 2 is 1.62 bits per heavy atom. The van der Waals surface area contributed by atoms with Crippen LogP contribution in [0.25, 0.3) is 6.08 Å². The average Bonchev–Trinajstić information content (AvgIpc) is 3.72. The third-order valence-electron chi connectivity index (χ3n) is 7.80. The summed E-state index contributed by atoms with van der Waals surface area (Å²) in [5.74, 6) is 2.95. The van der Waals surface area contributed by atoms with Crippen LogP contribution in [0.1, 0.15) is 108 Å². The van der Waals surface area contributed by atoms with Gasteiger partial charge < -0.3 is 27.1 Å². The van der Waals surface area contributed by atoms with E-state index in [0.29, 0.717) is 11.8 Å². The van der Waals surface area contributed by atoms with Gasteiger partial charge in [-0.05, 0) is 75.4 Å². The fourth-order valence-corrected chi connectivity index (χ4v) is 6.62. The van der Waals surface area contributed by atoms with Gasteiger partial charge in [0.1, 0.15) is 6.79 Å². The third kappa shape index (κ3) is 22.7. The monoisotopic (exact) mass is 653 g/mol. The number of allylic oxidation sites excluding steroid dienone is 1. The highest BCUT2D eigenvalue weighted by molar-refractivity contribution is 7.11. The number of hydrogen-bond donors (Lipinski definition) is 4. The second kappa shape index (κ2) is 33.0. The van der Waals surface area contributed by atoms with Crippen molar-refractivity contribution in [2.24, 2.45) is 40.9 Å². The van der Waals surface area contributed by atoms with Crippen LogP contribution in [0.15, 0.2) is 18.2 Å². The lowest BCUT2D eigenvalue weighted by Crippen LogP contribution is -2.30. The van der Waals surface area contributed by atoms with Crippen LogP contribution in [0.2, 0.25) is 0 Å². The van der Waals surface area contributed by atoms with Crippen LogP contribution >= 0.6 is 11.3 Å². The molecule has 1 fully saturated rings. The summed E-state index contributed by atoms with van der Waals surface area (Å²) < 4.78 is 0. The number of amides is 2. The quantitative estimate of drug-likeness (QED) is 0.146. The van der Waals surface area contributed by atoms with Gasteiger partial charge in [0.2, 0.25) is 12.8 Å². The first-order valence-corrected chi connectivity index (χ1v) is 17.4. The highest BCUT2D eigenvalue weighted by atomic mass is 32.1. The van der Waals surface area contributed by atoms with E-state index in [-0.39, 0.29) is 19.4 Å². The van der Waals surface area contributed by atoms with Crippen LogP contribution in [-0.2, 0) is 27.2 Å². The van der Waals surface area contributed by atoms with Gasteiger partial charge in [0.25, 0.3) is 0 Å². The lowest BCUT2D eigenvalue weighted by Gasteiger charge is -2.27. The number of hydrogen-bond acceptors (Lipinski definition) is 8. The molecule has 0 aromatic carbocycles. The molecule has 2 unspecified atom stereocenters. The van der Waals surface area contributed by atoms with E-state index in [1.807, 2.05) is 18.1 Å². The Morgan fingerprint density at radius 1 is 1.07 bits per heavy atom. The number of aromatic nitrogens is 1. The number of carbonyl (C=O) groups is 3. The zero-order valence-corrected chi connectivity index (χ0v) is 30.2.